The van der Waals surface area contributed by atoms with E-state index in [1.165, 1.54) is 26.2 Å². The number of rotatable bonds is 1. The van der Waals surface area contributed by atoms with Gasteiger partial charge in [0.15, 0.2) is 0 Å². The molecule has 0 radical (unpaired) electrons. The van der Waals surface area contributed by atoms with E-state index in [2.05, 4.69) is 55.0 Å². The van der Waals surface area contributed by atoms with Gasteiger partial charge in [0, 0.05) is 31.7 Å². The number of piperazine rings is 1. The maximum absolute atomic E-state index is 2.62. The van der Waals surface area contributed by atoms with Crippen LogP contribution in [0.3, 0.4) is 0 Å². The Morgan fingerprint density at radius 3 is 2.40 bits per heavy atom. The van der Waals surface area contributed by atoms with E-state index in [4.69, 9.17) is 0 Å². The molecule has 2 nitrogen and oxygen atoms in total. The average Bonchev–Trinajstić information content (AvgIpc) is 2.23. The minimum absolute atomic E-state index is 0.232. The first-order chi connectivity index (χ1) is 7.13. The molecule has 0 N–H and O–H groups in total. The number of hydrogen-bond donors (Lipinski definition) is 0. The maximum Gasteiger partial charge on any atom is 0.0427 e. The van der Waals surface area contributed by atoms with Crippen molar-refractivity contribution in [3.63, 3.8) is 0 Å². The second-order valence-corrected chi connectivity index (χ2v) is 5.05. The molecule has 1 saturated heterocycles. The molecule has 2 heteroatoms. The van der Waals surface area contributed by atoms with Gasteiger partial charge >= 0.3 is 0 Å². The summed E-state index contributed by atoms with van der Waals surface area (Å²) in [7, 11) is 2.21. The van der Waals surface area contributed by atoms with Crippen molar-refractivity contribution in [2.45, 2.75) is 19.4 Å². The lowest BCUT2D eigenvalue weighted by Crippen LogP contribution is -2.57. The molecule has 0 bridgehead atoms. The quantitative estimate of drug-likeness (QED) is 0.645. The molecular weight excluding hydrogens is 184 g/mol. The predicted octanol–water partition coefficient (Wildman–Crippen LogP) is 1.75. The van der Waals surface area contributed by atoms with Crippen molar-refractivity contribution in [1.29, 1.82) is 0 Å². The summed E-state index contributed by atoms with van der Waals surface area (Å²) in [6.07, 6.45) is 9.04. The third-order valence-corrected chi connectivity index (χ3v) is 4.05. The van der Waals surface area contributed by atoms with Crippen molar-refractivity contribution in [3.05, 3.63) is 24.3 Å². The largest absolute Gasteiger partial charge is 0.304 e. The van der Waals surface area contributed by atoms with Crippen LogP contribution in [0.1, 0.15) is 13.8 Å². The highest BCUT2D eigenvalue weighted by Crippen LogP contribution is 2.30. The summed E-state index contributed by atoms with van der Waals surface area (Å²) in [5.74, 6) is 0.617. The topological polar surface area (TPSA) is 6.48 Å². The van der Waals surface area contributed by atoms with Crippen LogP contribution in [0.15, 0.2) is 24.3 Å². The Morgan fingerprint density at radius 2 is 1.80 bits per heavy atom. The van der Waals surface area contributed by atoms with Crippen LogP contribution in [-0.2, 0) is 0 Å². The fraction of sp³-hybridized carbons (Fsp3) is 0.692. The van der Waals surface area contributed by atoms with Gasteiger partial charge in [-0.3, -0.25) is 4.90 Å². The molecule has 1 heterocycles. The standard InChI is InChI=1S/C13H22N2/c1-12-6-4-5-7-13(12,2)15-10-8-14(3)9-11-15/h4-7,12H,8-11H2,1-3H3. The number of likely N-dealkylation sites (N-methyl/N-ethyl adjacent to an activating group) is 1. The van der Waals surface area contributed by atoms with Crippen molar-refractivity contribution in [2.24, 2.45) is 5.92 Å². The molecule has 2 rings (SSSR count). The number of hydrogen-bond acceptors (Lipinski definition) is 2. The Balaban J connectivity index is 2.09. The lowest BCUT2D eigenvalue weighted by molar-refractivity contribution is 0.0582. The molecule has 0 aromatic rings. The summed E-state index contributed by atoms with van der Waals surface area (Å²) in [5.41, 5.74) is 0.232. The van der Waals surface area contributed by atoms with Gasteiger partial charge in [-0.15, -0.1) is 0 Å². The van der Waals surface area contributed by atoms with E-state index in [-0.39, 0.29) is 5.54 Å². The number of nitrogens with zero attached hydrogens (tertiary/aromatic N) is 2. The molecule has 0 aromatic carbocycles. The molecule has 2 aliphatic rings. The van der Waals surface area contributed by atoms with Crippen LogP contribution in [0.4, 0.5) is 0 Å². The number of allylic oxidation sites excluding steroid dienone is 2. The van der Waals surface area contributed by atoms with Crippen molar-refractivity contribution < 1.29 is 0 Å². The van der Waals surface area contributed by atoms with E-state index in [9.17, 15) is 0 Å². The fourth-order valence-electron chi connectivity index (χ4n) is 2.51. The first-order valence-corrected chi connectivity index (χ1v) is 5.92. The Labute approximate surface area is 93.2 Å². The molecular formula is C13H22N2. The van der Waals surface area contributed by atoms with E-state index in [1.807, 2.05) is 0 Å². The molecule has 15 heavy (non-hydrogen) atoms. The maximum atomic E-state index is 2.62. The summed E-state index contributed by atoms with van der Waals surface area (Å²) in [6, 6.07) is 0. The third-order valence-electron chi connectivity index (χ3n) is 4.05. The Bertz CT molecular complexity index is 274. The second-order valence-electron chi connectivity index (χ2n) is 5.05. The summed E-state index contributed by atoms with van der Waals surface area (Å²) in [4.78, 5) is 5.03. The van der Waals surface area contributed by atoms with E-state index < -0.39 is 0 Å². The first kappa shape index (κ1) is 10.9. The molecule has 0 spiro atoms. The van der Waals surface area contributed by atoms with Gasteiger partial charge in [-0.1, -0.05) is 31.2 Å². The highest BCUT2D eigenvalue weighted by molar-refractivity contribution is 5.23. The normalized spacial score (nSPS) is 38.5. The fourth-order valence-corrected chi connectivity index (χ4v) is 2.51. The molecule has 1 fully saturated rings. The Hall–Kier alpha value is -0.600. The summed E-state index contributed by atoms with van der Waals surface area (Å²) in [5, 5.41) is 0. The molecule has 1 aliphatic carbocycles. The van der Waals surface area contributed by atoms with Crippen LogP contribution in [0, 0.1) is 5.92 Å². The highest BCUT2D eigenvalue weighted by Gasteiger charge is 2.35. The van der Waals surface area contributed by atoms with E-state index in [1.54, 1.807) is 0 Å². The van der Waals surface area contributed by atoms with Crippen LogP contribution in [0.25, 0.3) is 0 Å². The molecule has 0 aromatic heterocycles. The molecule has 2 unspecified atom stereocenters. The van der Waals surface area contributed by atoms with Crippen LogP contribution < -0.4 is 0 Å². The van der Waals surface area contributed by atoms with Gasteiger partial charge in [-0.25, -0.2) is 0 Å². The average molecular weight is 206 g/mol. The SMILES string of the molecule is CC1C=CC=CC1(C)N1CCN(C)CC1. The van der Waals surface area contributed by atoms with Crippen molar-refractivity contribution in [2.75, 3.05) is 33.2 Å². The molecule has 0 amide bonds. The zero-order chi connectivity index (χ0) is 10.9. The van der Waals surface area contributed by atoms with Gasteiger partial charge in [-0.05, 0) is 19.9 Å². The van der Waals surface area contributed by atoms with Gasteiger partial charge < -0.3 is 4.90 Å². The molecule has 0 saturated carbocycles. The summed E-state index contributed by atoms with van der Waals surface area (Å²) in [6.45, 7) is 9.45. The summed E-state index contributed by atoms with van der Waals surface area (Å²) < 4.78 is 0. The van der Waals surface area contributed by atoms with E-state index >= 15 is 0 Å². The first-order valence-electron chi connectivity index (χ1n) is 5.92. The van der Waals surface area contributed by atoms with Gasteiger partial charge in [-0.2, -0.15) is 0 Å². The smallest absolute Gasteiger partial charge is 0.0427 e. The zero-order valence-electron chi connectivity index (χ0n) is 10.1. The highest BCUT2D eigenvalue weighted by atomic mass is 15.3. The van der Waals surface area contributed by atoms with Crippen LogP contribution >= 0.6 is 0 Å². The minimum atomic E-state index is 0.232. The van der Waals surface area contributed by atoms with Crippen molar-refractivity contribution in [3.8, 4) is 0 Å². The van der Waals surface area contributed by atoms with Gasteiger partial charge in [0.25, 0.3) is 0 Å². The van der Waals surface area contributed by atoms with Gasteiger partial charge in [0.05, 0.1) is 0 Å². The second kappa shape index (κ2) is 4.11. The van der Waals surface area contributed by atoms with Gasteiger partial charge in [0.2, 0.25) is 0 Å². The summed E-state index contributed by atoms with van der Waals surface area (Å²) >= 11 is 0. The molecule has 84 valence electrons. The van der Waals surface area contributed by atoms with Gasteiger partial charge in [0.1, 0.15) is 0 Å². The van der Waals surface area contributed by atoms with E-state index in [0.717, 1.165) is 0 Å². The van der Waals surface area contributed by atoms with Crippen LogP contribution in [0.2, 0.25) is 0 Å². The lowest BCUT2D eigenvalue weighted by atomic mass is 9.81. The lowest BCUT2D eigenvalue weighted by Gasteiger charge is -2.47. The van der Waals surface area contributed by atoms with Crippen molar-refractivity contribution in [1.82, 2.24) is 9.80 Å². The molecule has 2 atom stereocenters. The monoisotopic (exact) mass is 206 g/mol. The molecule has 1 aliphatic heterocycles. The minimum Gasteiger partial charge on any atom is -0.304 e. The van der Waals surface area contributed by atoms with Crippen LogP contribution in [0.5, 0.6) is 0 Å². The van der Waals surface area contributed by atoms with Crippen LogP contribution in [-0.4, -0.2) is 48.6 Å². The van der Waals surface area contributed by atoms with E-state index in [0.29, 0.717) is 5.92 Å². The Morgan fingerprint density at radius 1 is 1.13 bits per heavy atom. The predicted molar refractivity (Wildman–Crippen MR) is 64.9 cm³/mol. The zero-order valence-corrected chi connectivity index (χ0v) is 10.1. The Kier molecular flexibility index (Phi) is 2.98. The van der Waals surface area contributed by atoms with Crippen molar-refractivity contribution >= 4 is 0 Å². The third kappa shape index (κ3) is 2.01.